The van der Waals surface area contributed by atoms with Crippen LogP contribution in [0.3, 0.4) is 0 Å². The van der Waals surface area contributed by atoms with Gasteiger partial charge in [-0.3, -0.25) is 4.98 Å². The first-order valence-corrected chi connectivity index (χ1v) is 12.0. The summed E-state index contributed by atoms with van der Waals surface area (Å²) >= 11 is 0. The number of carbonyl (C=O) groups is 1. The Morgan fingerprint density at radius 2 is 1.92 bits per heavy atom. The minimum absolute atomic E-state index is 0.0919. The number of hydrogen-bond acceptors (Lipinski definition) is 6. The average Bonchev–Trinajstić information content (AvgIpc) is 3.53. The molecule has 0 radical (unpaired) electrons. The van der Waals surface area contributed by atoms with E-state index in [1.807, 2.05) is 61.5 Å². The largest absolute Gasteiger partial charge is 0.494 e. The van der Waals surface area contributed by atoms with Gasteiger partial charge < -0.3 is 28.6 Å². The van der Waals surface area contributed by atoms with Crippen molar-refractivity contribution in [3.05, 3.63) is 72.6 Å². The maximum Gasteiger partial charge on any atom is 0.352 e. The number of rotatable bonds is 10. The fourth-order valence-electron chi connectivity index (χ4n) is 4.40. The number of carboxylic acids is 1. The van der Waals surface area contributed by atoms with E-state index < -0.39 is 5.97 Å². The van der Waals surface area contributed by atoms with Crippen molar-refractivity contribution in [2.24, 2.45) is 0 Å². The molecule has 2 aromatic carbocycles. The lowest BCUT2D eigenvalue weighted by atomic mass is 10.1. The molecule has 8 heteroatoms. The van der Waals surface area contributed by atoms with Gasteiger partial charge in [-0.1, -0.05) is 12.1 Å². The molecule has 36 heavy (non-hydrogen) atoms. The summed E-state index contributed by atoms with van der Waals surface area (Å²) < 4.78 is 24.5. The molecule has 1 fully saturated rings. The topological polar surface area (TPSA) is 92.0 Å². The Bertz CT molecular complexity index is 1340. The second-order valence-electron chi connectivity index (χ2n) is 8.46. The number of aromatic nitrogens is 2. The van der Waals surface area contributed by atoms with Crippen LogP contribution in [0.25, 0.3) is 22.2 Å². The lowest BCUT2D eigenvalue weighted by molar-refractivity contribution is 0.0684. The van der Waals surface area contributed by atoms with Crippen LogP contribution < -0.4 is 14.2 Å². The van der Waals surface area contributed by atoms with Gasteiger partial charge in [0.1, 0.15) is 35.7 Å². The van der Waals surface area contributed by atoms with Gasteiger partial charge >= 0.3 is 5.97 Å². The van der Waals surface area contributed by atoms with E-state index in [1.54, 1.807) is 16.8 Å². The van der Waals surface area contributed by atoms with Crippen molar-refractivity contribution in [3.8, 4) is 28.5 Å². The summed E-state index contributed by atoms with van der Waals surface area (Å²) in [5, 5.41) is 10.6. The molecule has 0 saturated carbocycles. The molecule has 0 spiro atoms. The molecule has 1 saturated heterocycles. The van der Waals surface area contributed by atoms with Crippen molar-refractivity contribution in [3.63, 3.8) is 0 Å². The van der Waals surface area contributed by atoms with E-state index in [2.05, 4.69) is 4.98 Å². The van der Waals surface area contributed by atoms with Crippen molar-refractivity contribution < 1.29 is 28.8 Å². The third-order valence-electron chi connectivity index (χ3n) is 6.07. The van der Waals surface area contributed by atoms with Crippen molar-refractivity contribution in [1.82, 2.24) is 9.55 Å². The maximum atomic E-state index is 12.1. The summed E-state index contributed by atoms with van der Waals surface area (Å²) in [6.07, 6.45) is 2.68. The Kier molecular flexibility index (Phi) is 7.04. The van der Waals surface area contributed by atoms with E-state index in [1.165, 1.54) is 0 Å². The molecule has 0 aliphatic carbocycles. The fourth-order valence-corrected chi connectivity index (χ4v) is 4.40. The van der Waals surface area contributed by atoms with Crippen LogP contribution in [0.15, 0.2) is 66.9 Å². The molecule has 1 aliphatic heterocycles. The molecule has 1 aliphatic rings. The number of fused-ring (bicyclic) bond motifs is 1. The predicted molar refractivity (Wildman–Crippen MR) is 135 cm³/mol. The Morgan fingerprint density at radius 3 is 2.67 bits per heavy atom. The molecule has 2 aromatic heterocycles. The number of hydrogen-bond donors (Lipinski definition) is 1. The Labute approximate surface area is 209 Å². The van der Waals surface area contributed by atoms with Crippen molar-refractivity contribution >= 4 is 16.9 Å². The Balaban J connectivity index is 1.34. The molecule has 1 unspecified atom stereocenters. The van der Waals surface area contributed by atoms with Crippen molar-refractivity contribution in [2.75, 3.05) is 26.4 Å². The molecule has 3 heterocycles. The van der Waals surface area contributed by atoms with E-state index in [0.717, 1.165) is 41.0 Å². The third kappa shape index (κ3) is 5.13. The average molecular weight is 489 g/mol. The first-order chi connectivity index (χ1) is 17.6. The number of benzene rings is 2. The van der Waals surface area contributed by atoms with Gasteiger partial charge in [0.2, 0.25) is 0 Å². The minimum atomic E-state index is -1.00. The van der Waals surface area contributed by atoms with Crippen LogP contribution in [-0.2, 0) is 11.3 Å². The molecular weight excluding hydrogens is 460 g/mol. The van der Waals surface area contributed by atoms with Gasteiger partial charge in [0.25, 0.3) is 0 Å². The molecule has 8 nitrogen and oxygen atoms in total. The predicted octanol–water partition coefficient (Wildman–Crippen LogP) is 5.05. The standard InChI is InChI=1S/C28H28N2O6/c1-2-34-22-5-3-4-19(16-22)27-24-17-26(28(31)32)30(25(24)10-12-29-27)13-15-35-20-6-8-21(9-7-20)36-23-11-14-33-18-23/h3-10,12,16-17,23H,2,11,13-15,18H2,1H3,(H,31,32). The summed E-state index contributed by atoms with van der Waals surface area (Å²) in [5.41, 5.74) is 2.54. The summed E-state index contributed by atoms with van der Waals surface area (Å²) in [6, 6.07) is 18.6. The first kappa shape index (κ1) is 23.7. The van der Waals surface area contributed by atoms with E-state index in [0.29, 0.717) is 37.8 Å². The zero-order valence-corrected chi connectivity index (χ0v) is 20.1. The van der Waals surface area contributed by atoms with Gasteiger partial charge in [0, 0.05) is 23.6 Å². The molecule has 4 aromatic rings. The van der Waals surface area contributed by atoms with E-state index in [-0.39, 0.29) is 11.8 Å². The zero-order valence-electron chi connectivity index (χ0n) is 20.1. The normalized spacial score (nSPS) is 15.2. The molecule has 0 bridgehead atoms. The smallest absolute Gasteiger partial charge is 0.352 e. The van der Waals surface area contributed by atoms with Crippen LogP contribution in [0.1, 0.15) is 23.8 Å². The van der Waals surface area contributed by atoms with Crippen LogP contribution in [0.4, 0.5) is 0 Å². The number of pyridine rings is 1. The van der Waals surface area contributed by atoms with E-state index in [4.69, 9.17) is 18.9 Å². The van der Waals surface area contributed by atoms with Crippen molar-refractivity contribution in [1.29, 1.82) is 0 Å². The van der Waals surface area contributed by atoms with Gasteiger partial charge in [-0.2, -0.15) is 0 Å². The molecule has 5 rings (SSSR count). The van der Waals surface area contributed by atoms with Gasteiger partial charge in [0.15, 0.2) is 0 Å². The van der Waals surface area contributed by atoms with Crippen LogP contribution in [-0.4, -0.2) is 53.2 Å². The van der Waals surface area contributed by atoms with Crippen LogP contribution in [0.5, 0.6) is 17.2 Å². The maximum absolute atomic E-state index is 12.1. The lowest BCUT2D eigenvalue weighted by Crippen LogP contribution is -2.15. The number of ether oxygens (including phenoxy) is 4. The van der Waals surface area contributed by atoms with Crippen LogP contribution in [0.2, 0.25) is 0 Å². The van der Waals surface area contributed by atoms with Crippen LogP contribution >= 0.6 is 0 Å². The Morgan fingerprint density at radius 1 is 1.08 bits per heavy atom. The number of nitrogens with zero attached hydrogens (tertiary/aromatic N) is 2. The first-order valence-electron chi connectivity index (χ1n) is 12.0. The molecule has 1 N–H and O–H groups in total. The van der Waals surface area contributed by atoms with Crippen LogP contribution in [0, 0.1) is 0 Å². The monoisotopic (exact) mass is 488 g/mol. The Hall–Kier alpha value is -4.04. The summed E-state index contributed by atoms with van der Waals surface area (Å²) in [6.45, 7) is 4.51. The second-order valence-corrected chi connectivity index (χ2v) is 8.46. The molecule has 186 valence electrons. The van der Waals surface area contributed by atoms with Gasteiger partial charge in [-0.15, -0.1) is 0 Å². The molecular formula is C28H28N2O6. The van der Waals surface area contributed by atoms with Crippen molar-refractivity contribution in [2.45, 2.75) is 26.0 Å². The highest BCUT2D eigenvalue weighted by Crippen LogP contribution is 2.31. The lowest BCUT2D eigenvalue weighted by Gasteiger charge is -2.13. The van der Waals surface area contributed by atoms with Gasteiger partial charge in [-0.25, -0.2) is 4.79 Å². The summed E-state index contributed by atoms with van der Waals surface area (Å²) in [5.74, 6) is 1.20. The fraction of sp³-hybridized carbons (Fsp3) is 0.286. The highest BCUT2D eigenvalue weighted by atomic mass is 16.5. The number of aromatic carboxylic acids is 1. The SMILES string of the molecule is CCOc1cccc(-c2nccc3c2cc(C(=O)O)n3CCOc2ccc(OC3CCOC3)cc2)c1. The molecule has 0 amide bonds. The van der Waals surface area contributed by atoms with Gasteiger partial charge in [0.05, 0.1) is 37.6 Å². The minimum Gasteiger partial charge on any atom is -0.494 e. The number of carboxylic acid groups (broad SMARTS) is 1. The third-order valence-corrected chi connectivity index (χ3v) is 6.07. The highest BCUT2D eigenvalue weighted by molar-refractivity contribution is 6.00. The summed E-state index contributed by atoms with van der Waals surface area (Å²) in [7, 11) is 0. The molecule has 1 atom stereocenters. The van der Waals surface area contributed by atoms with Gasteiger partial charge in [-0.05, 0) is 55.5 Å². The van der Waals surface area contributed by atoms with E-state index in [9.17, 15) is 9.90 Å². The summed E-state index contributed by atoms with van der Waals surface area (Å²) in [4.78, 5) is 16.6. The zero-order chi connectivity index (χ0) is 24.9. The second kappa shape index (κ2) is 10.7. The highest BCUT2D eigenvalue weighted by Gasteiger charge is 2.19. The van der Waals surface area contributed by atoms with E-state index >= 15 is 0 Å². The quantitative estimate of drug-likeness (QED) is 0.334.